The molecule has 158 valence electrons. The van der Waals surface area contributed by atoms with Crippen molar-refractivity contribution >= 4 is 46.0 Å². The molecule has 4 rings (SSSR count). The van der Waals surface area contributed by atoms with E-state index in [1.54, 1.807) is 46.2 Å². The second-order valence-corrected chi connectivity index (χ2v) is 10.1. The Morgan fingerprint density at radius 1 is 1.03 bits per heavy atom. The first-order chi connectivity index (χ1) is 15.0. The number of aromatic nitrogens is 2. The molecule has 0 unspecified atom stereocenters. The minimum Gasteiger partial charge on any atom is -0.487 e. The number of thiazole rings is 2. The summed E-state index contributed by atoms with van der Waals surface area (Å²) in [6, 6.07) is 11.7. The van der Waals surface area contributed by atoms with Crippen LogP contribution in [0.2, 0.25) is 0 Å². The zero-order valence-corrected chi connectivity index (χ0v) is 19.6. The van der Waals surface area contributed by atoms with Crippen LogP contribution in [0.1, 0.15) is 26.1 Å². The third kappa shape index (κ3) is 6.10. The van der Waals surface area contributed by atoms with Gasteiger partial charge < -0.3 is 10.1 Å². The van der Waals surface area contributed by atoms with Crippen LogP contribution in [0.4, 0.5) is 0 Å². The molecule has 0 aliphatic rings. The highest BCUT2D eigenvalue weighted by Gasteiger charge is 2.07. The lowest BCUT2D eigenvalue weighted by molar-refractivity contribution is -0.116. The highest BCUT2D eigenvalue weighted by Crippen LogP contribution is 2.28. The van der Waals surface area contributed by atoms with Gasteiger partial charge in [-0.3, -0.25) is 4.79 Å². The zero-order valence-electron chi connectivity index (χ0n) is 17.1. The SMILES string of the molecule is Cc1nc(COc2ccc(/C=C/C(=O)NCc3ccc(-c4csc(C)n4)s3)cc2)cs1. The Bertz CT molecular complexity index is 1190. The van der Waals surface area contributed by atoms with Crippen LogP contribution in [0, 0.1) is 13.8 Å². The van der Waals surface area contributed by atoms with Gasteiger partial charge in [0.05, 0.1) is 32.8 Å². The predicted octanol–water partition coefficient (Wildman–Crippen LogP) is 5.85. The van der Waals surface area contributed by atoms with Crippen LogP contribution in [-0.4, -0.2) is 15.9 Å². The average Bonchev–Trinajstić information content (AvgIpc) is 3.51. The molecule has 1 aromatic carbocycles. The number of aryl methyl sites for hydroxylation is 2. The van der Waals surface area contributed by atoms with Crippen molar-refractivity contribution in [3.63, 3.8) is 0 Å². The van der Waals surface area contributed by atoms with Crippen LogP contribution < -0.4 is 10.1 Å². The number of nitrogens with one attached hydrogen (secondary N) is 1. The molecule has 8 heteroatoms. The summed E-state index contributed by atoms with van der Waals surface area (Å²) in [5, 5.41) is 9.07. The van der Waals surface area contributed by atoms with Gasteiger partial charge in [-0.1, -0.05) is 12.1 Å². The Morgan fingerprint density at radius 3 is 2.52 bits per heavy atom. The Hall–Kier alpha value is -2.81. The van der Waals surface area contributed by atoms with Crippen molar-refractivity contribution in [2.24, 2.45) is 0 Å². The molecular formula is C23H21N3O2S3. The number of hydrogen-bond donors (Lipinski definition) is 1. The molecule has 31 heavy (non-hydrogen) atoms. The van der Waals surface area contributed by atoms with Crippen LogP contribution in [-0.2, 0) is 17.9 Å². The van der Waals surface area contributed by atoms with Crippen molar-refractivity contribution in [3.8, 4) is 16.3 Å². The Kier molecular flexibility index (Phi) is 6.91. The number of amides is 1. The highest BCUT2D eigenvalue weighted by molar-refractivity contribution is 7.16. The van der Waals surface area contributed by atoms with Gasteiger partial charge in [-0.15, -0.1) is 34.0 Å². The fourth-order valence-corrected chi connectivity index (χ4v) is 4.99. The largest absolute Gasteiger partial charge is 0.487 e. The molecule has 0 aliphatic carbocycles. The molecule has 1 amide bonds. The number of benzene rings is 1. The maximum atomic E-state index is 12.2. The van der Waals surface area contributed by atoms with Crippen molar-refractivity contribution in [2.45, 2.75) is 27.0 Å². The van der Waals surface area contributed by atoms with Gasteiger partial charge in [0.25, 0.3) is 0 Å². The normalized spacial score (nSPS) is 11.2. The van der Waals surface area contributed by atoms with E-state index < -0.39 is 0 Å². The Morgan fingerprint density at radius 2 is 1.81 bits per heavy atom. The molecule has 1 N–H and O–H groups in total. The monoisotopic (exact) mass is 467 g/mol. The molecule has 4 aromatic rings. The molecule has 0 saturated carbocycles. The smallest absolute Gasteiger partial charge is 0.244 e. The second kappa shape index (κ2) is 10.00. The average molecular weight is 468 g/mol. The van der Waals surface area contributed by atoms with E-state index in [0.29, 0.717) is 13.2 Å². The predicted molar refractivity (Wildman–Crippen MR) is 129 cm³/mol. The molecule has 3 aromatic heterocycles. The first-order valence-corrected chi connectivity index (χ1v) is 12.2. The van der Waals surface area contributed by atoms with Crippen molar-refractivity contribution in [1.29, 1.82) is 0 Å². The molecule has 0 fully saturated rings. The minimum atomic E-state index is -0.126. The van der Waals surface area contributed by atoms with Crippen molar-refractivity contribution in [1.82, 2.24) is 15.3 Å². The molecule has 0 bridgehead atoms. The van der Waals surface area contributed by atoms with E-state index in [2.05, 4.69) is 26.7 Å². The van der Waals surface area contributed by atoms with E-state index >= 15 is 0 Å². The number of carbonyl (C=O) groups excluding carboxylic acids is 1. The number of carbonyl (C=O) groups is 1. The first kappa shape index (κ1) is 21.4. The molecule has 3 heterocycles. The van der Waals surface area contributed by atoms with E-state index in [1.165, 1.54) is 0 Å². The summed E-state index contributed by atoms with van der Waals surface area (Å²) in [5.41, 5.74) is 2.87. The van der Waals surface area contributed by atoms with Gasteiger partial charge in [0, 0.05) is 21.7 Å². The van der Waals surface area contributed by atoms with Crippen molar-refractivity contribution in [3.05, 3.63) is 79.4 Å². The lowest BCUT2D eigenvalue weighted by Gasteiger charge is -2.04. The minimum absolute atomic E-state index is 0.126. The first-order valence-electron chi connectivity index (χ1n) is 9.66. The molecular weight excluding hydrogens is 446 g/mol. The summed E-state index contributed by atoms with van der Waals surface area (Å²) in [6.45, 7) is 4.93. The summed E-state index contributed by atoms with van der Waals surface area (Å²) >= 11 is 4.90. The fourth-order valence-electron chi connectivity index (χ4n) is 2.80. The van der Waals surface area contributed by atoms with Gasteiger partial charge in [-0.25, -0.2) is 9.97 Å². The van der Waals surface area contributed by atoms with Crippen LogP contribution in [0.3, 0.4) is 0 Å². The molecule has 5 nitrogen and oxygen atoms in total. The number of hydrogen-bond acceptors (Lipinski definition) is 7. The maximum Gasteiger partial charge on any atom is 0.244 e. The van der Waals surface area contributed by atoms with Gasteiger partial charge in [0.15, 0.2) is 0 Å². The van der Waals surface area contributed by atoms with Crippen LogP contribution in [0.5, 0.6) is 5.75 Å². The van der Waals surface area contributed by atoms with Gasteiger partial charge >= 0.3 is 0 Å². The standard InChI is InChI=1S/C23H21N3O2S3/c1-15-25-18(13-29-15)12-28-19-6-3-17(4-7-19)5-10-23(27)24-11-20-8-9-22(31-20)21-14-30-16(2)26-21/h3-10,13-14H,11-12H2,1-2H3,(H,24,27)/b10-5+. The Balaban J connectivity index is 1.24. The summed E-state index contributed by atoms with van der Waals surface area (Å²) in [4.78, 5) is 23.3. The molecule has 0 saturated heterocycles. The number of nitrogens with zero attached hydrogens (tertiary/aromatic N) is 2. The Labute approximate surface area is 193 Å². The van der Waals surface area contributed by atoms with E-state index in [9.17, 15) is 4.79 Å². The lowest BCUT2D eigenvalue weighted by atomic mass is 10.2. The topological polar surface area (TPSA) is 64.1 Å². The quantitative estimate of drug-likeness (QED) is 0.330. The van der Waals surface area contributed by atoms with Crippen LogP contribution in [0.15, 0.2) is 53.2 Å². The van der Waals surface area contributed by atoms with Gasteiger partial charge in [-0.2, -0.15) is 0 Å². The fraction of sp³-hybridized carbons (Fsp3) is 0.174. The van der Waals surface area contributed by atoms with Crippen LogP contribution >= 0.6 is 34.0 Å². The maximum absolute atomic E-state index is 12.2. The van der Waals surface area contributed by atoms with Crippen molar-refractivity contribution < 1.29 is 9.53 Å². The molecule has 0 radical (unpaired) electrons. The van der Waals surface area contributed by atoms with E-state index in [-0.39, 0.29) is 5.91 Å². The van der Waals surface area contributed by atoms with Gasteiger partial charge in [-0.05, 0) is 49.8 Å². The second-order valence-electron chi connectivity index (χ2n) is 6.78. The van der Waals surface area contributed by atoms with Crippen molar-refractivity contribution in [2.75, 3.05) is 0 Å². The third-order valence-corrected chi connectivity index (χ3v) is 7.03. The molecule has 0 spiro atoms. The number of ether oxygens (including phenoxy) is 1. The summed E-state index contributed by atoms with van der Waals surface area (Å²) in [5.74, 6) is 0.648. The summed E-state index contributed by atoms with van der Waals surface area (Å²) < 4.78 is 5.75. The lowest BCUT2D eigenvalue weighted by Crippen LogP contribution is -2.19. The van der Waals surface area contributed by atoms with E-state index in [1.807, 2.05) is 49.6 Å². The number of thiophene rings is 1. The molecule has 0 aliphatic heterocycles. The van der Waals surface area contributed by atoms with Gasteiger partial charge in [0.2, 0.25) is 5.91 Å². The van der Waals surface area contributed by atoms with Gasteiger partial charge in [0.1, 0.15) is 12.4 Å². The number of rotatable bonds is 8. The third-order valence-electron chi connectivity index (χ3n) is 4.33. The summed E-state index contributed by atoms with van der Waals surface area (Å²) in [7, 11) is 0. The highest BCUT2D eigenvalue weighted by atomic mass is 32.1. The van der Waals surface area contributed by atoms with Crippen LogP contribution in [0.25, 0.3) is 16.6 Å². The molecule has 0 atom stereocenters. The van der Waals surface area contributed by atoms with E-state index in [0.717, 1.165) is 42.5 Å². The van der Waals surface area contributed by atoms with E-state index in [4.69, 9.17) is 4.74 Å². The summed E-state index contributed by atoms with van der Waals surface area (Å²) in [6.07, 6.45) is 3.34. The zero-order chi connectivity index (χ0) is 21.6.